The SMILES string of the molecule is N#Cc1cccc(OS(=O)(=O)c2cc(C(F)(F)F)ccc2Cl)c1. The van der Waals surface area contributed by atoms with Crippen LogP contribution in [0.3, 0.4) is 0 Å². The number of nitrogens with zero attached hydrogens (tertiary/aromatic N) is 1. The third-order valence-electron chi connectivity index (χ3n) is 2.70. The summed E-state index contributed by atoms with van der Waals surface area (Å²) >= 11 is 5.68. The Kier molecular flexibility index (Phi) is 4.54. The summed E-state index contributed by atoms with van der Waals surface area (Å²) in [5, 5.41) is 8.34. The van der Waals surface area contributed by atoms with Gasteiger partial charge in [0.1, 0.15) is 10.6 Å². The van der Waals surface area contributed by atoms with E-state index in [0.29, 0.717) is 12.1 Å². The van der Waals surface area contributed by atoms with E-state index in [1.165, 1.54) is 18.2 Å². The molecule has 0 amide bonds. The van der Waals surface area contributed by atoms with Gasteiger partial charge >= 0.3 is 16.3 Å². The molecule has 2 aromatic rings. The third-order valence-corrected chi connectivity index (χ3v) is 4.43. The molecule has 2 rings (SSSR count). The van der Waals surface area contributed by atoms with Crippen LogP contribution >= 0.6 is 11.6 Å². The molecule has 0 aliphatic heterocycles. The second kappa shape index (κ2) is 6.10. The fourth-order valence-corrected chi connectivity index (χ4v) is 3.09. The summed E-state index contributed by atoms with van der Waals surface area (Å²) < 4.78 is 67.1. The van der Waals surface area contributed by atoms with Gasteiger partial charge in [0.15, 0.2) is 0 Å². The third kappa shape index (κ3) is 3.94. The molecule has 120 valence electrons. The minimum Gasteiger partial charge on any atom is -0.379 e. The fourth-order valence-electron chi connectivity index (χ4n) is 1.66. The van der Waals surface area contributed by atoms with E-state index in [1.54, 1.807) is 6.07 Å². The van der Waals surface area contributed by atoms with Gasteiger partial charge in [-0.05, 0) is 36.4 Å². The molecule has 0 aliphatic carbocycles. The second-order valence-electron chi connectivity index (χ2n) is 4.32. The van der Waals surface area contributed by atoms with Crippen molar-refractivity contribution < 1.29 is 25.8 Å². The highest BCUT2D eigenvalue weighted by molar-refractivity contribution is 7.87. The molecule has 23 heavy (non-hydrogen) atoms. The summed E-state index contributed by atoms with van der Waals surface area (Å²) in [5.41, 5.74) is -1.04. The number of hydrogen-bond acceptors (Lipinski definition) is 4. The van der Waals surface area contributed by atoms with Crippen LogP contribution < -0.4 is 4.18 Å². The van der Waals surface area contributed by atoms with Gasteiger partial charge in [-0.15, -0.1) is 0 Å². The molecular formula is C14H7ClF3NO3S. The number of nitriles is 1. The van der Waals surface area contributed by atoms with Crippen LogP contribution in [0.5, 0.6) is 5.75 Å². The Balaban J connectivity index is 2.45. The molecule has 0 spiro atoms. The van der Waals surface area contributed by atoms with Crippen LogP contribution in [0.15, 0.2) is 47.4 Å². The van der Waals surface area contributed by atoms with Crippen LogP contribution in [0.25, 0.3) is 0 Å². The molecule has 0 fully saturated rings. The minimum absolute atomic E-state index is 0.132. The van der Waals surface area contributed by atoms with Crippen molar-refractivity contribution in [1.82, 2.24) is 0 Å². The van der Waals surface area contributed by atoms with E-state index in [1.807, 2.05) is 0 Å². The van der Waals surface area contributed by atoms with Crippen molar-refractivity contribution >= 4 is 21.7 Å². The lowest BCUT2D eigenvalue weighted by atomic mass is 10.2. The summed E-state index contributed by atoms with van der Waals surface area (Å²) in [6, 6.07) is 8.84. The van der Waals surface area contributed by atoms with Gasteiger partial charge in [-0.3, -0.25) is 0 Å². The van der Waals surface area contributed by atoms with Crippen molar-refractivity contribution in [1.29, 1.82) is 5.26 Å². The molecule has 0 bridgehead atoms. The van der Waals surface area contributed by atoms with Crippen LogP contribution in [-0.4, -0.2) is 8.42 Å². The number of alkyl halides is 3. The number of benzene rings is 2. The van der Waals surface area contributed by atoms with Gasteiger partial charge in [-0.1, -0.05) is 17.7 Å². The molecule has 0 aliphatic rings. The predicted octanol–water partition coefficient (Wildman–Crippen LogP) is 4.00. The van der Waals surface area contributed by atoms with E-state index in [9.17, 15) is 21.6 Å². The standard InChI is InChI=1S/C14H7ClF3NO3S/c15-12-5-4-10(14(16,17)18)7-13(12)23(20,21)22-11-3-1-2-9(6-11)8-19/h1-7H. The van der Waals surface area contributed by atoms with Crippen molar-refractivity contribution in [2.24, 2.45) is 0 Å². The zero-order valence-electron chi connectivity index (χ0n) is 11.1. The first-order valence-corrected chi connectivity index (χ1v) is 7.73. The smallest absolute Gasteiger partial charge is 0.379 e. The van der Waals surface area contributed by atoms with E-state index in [0.717, 1.165) is 12.1 Å². The number of rotatable bonds is 3. The molecule has 0 radical (unpaired) electrons. The Morgan fingerprint density at radius 1 is 1.13 bits per heavy atom. The lowest BCUT2D eigenvalue weighted by Crippen LogP contribution is -2.13. The largest absolute Gasteiger partial charge is 0.416 e. The molecule has 0 saturated carbocycles. The first-order valence-electron chi connectivity index (χ1n) is 5.95. The van der Waals surface area contributed by atoms with Crippen molar-refractivity contribution in [3.63, 3.8) is 0 Å². The average Bonchev–Trinajstić information content (AvgIpc) is 2.46. The molecule has 0 aromatic heterocycles. The molecular weight excluding hydrogens is 355 g/mol. The summed E-state index contributed by atoms with van der Waals surface area (Å²) in [6.45, 7) is 0. The maximum atomic E-state index is 12.7. The summed E-state index contributed by atoms with van der Waals surface area (Å²) in [7, 11) is -4.59. The van der Waals surface area contributed by atoms with Gasteiger partial charge in [0.25, 0.3) is 0 Å². The highest BCUT2D eigenvalue weighted by atomic mass is 35.5. The summed E-state index contributed by atoms with van der Waals surface area (Å²) in [6.07, 6.45) is -4.73. The highest BCUT2D eigenvalue weighted by Crippen LogP contribution is 2.34. The van der Waals surface area contributed by atoms with Crippen molar-refractivity contribution in [2.45, 2.75) is 11.1 Å². The van der Waals surface area contributed by atoms with Crippen LogP contribution in [0, 0.1) is 11.3 Å². The van der Waals surface area contributed by atoms with Crippen LogP contribution in [0.4, 0.5) is 13.2 Å². The maximum absolute atomic E-state index is 12.7. The topological polar surface area (TPSA) is 67.2 Å². The zero-order chi connectivity index (χ0) is 17.3. The monoisotopic (exact) mass is 361 g/mol. The Hall–Kier alpha value is -2.24. The van der Waals surface area contributed by atoms with E-state index in [2.05, 4.69) is 0 Å². The number of hydrogen-bond donors (Lipinski definition) is 0. The fraction of sp³-hybridized carbons (Fsp3) is 0.0714. The molecule has 0 saturated heterocycles. The van der Waals surface area contributed by atoms with Crippen molar-refractivity contribution in [3.05, 3.63) is 58.6 Å². The van der Waals surface area contributed by atoms with Crippen molar-refractivity contribution in [3.8, 4) is 11.8 Å². The molecule has 0 unspecified atom stereocenters. The molecule has 0 heterocycles. The summed E-state index contributed by atoms with van der Waals surface area (Å²) in [4.78, 5) is -0.809. The van der Waals surface area contributed by atoms with Gasteiger partial charge in [0, 0.05) is 0 Å². The minimum atomic E-state index is -4.73. The van der Waals surface area contributed by atoms with Gasteiger partial charge in [-0.2, -0.15) is 26.9 Å². The molecule has 4 nitrogen and oxygen atoms in total. The molecule has 0 N–H and O–H groups in total. The first-order chi connectivity index (χ1) is 10.6. The summed E-state index contributed by atoms with van der Waals surface area (Å²) in [5.74, 6) is -0.211. The van der Waals surface area contributed by atoms with E-state index in [4.69, 9.17) is 21.0 Å². The van der Waals surface area contributed by atoms with Gasteiger partial charge in [0.05, 0.1) is 22.2 Å². The Bertz CT molecular complexity index is 889. The van der Waals surface area contributed by atoms with Crippen LogP contribution in [0.1, 0.15) is 11.1 Å². The number of halogens is 4. The maximum Gasteiger partial charge on any atom is 0.416 e. The van der Waals surface area contributed by atoms with Crippen molar-refractivity contribution in [2.75, 3.05) is 0 Å². The van der Waals surface area contributed by atoms with Crippen LogP contribution in [-0.2, 0) is 16.3 Å². The Labute approximate surface area is 134 Å². The predicted molar refractivity (Wildman–Crippen MR) is 75.4 cm³/mol. The lowest BCUT2D eigenvalue weighted by Gasteiger charge is -2.12. The normalized spacial score (nSPS) is 11.8. The second-order valence-corrected chi connectivity index (χ2v) is 6.24. The van der Waals surface area contributed by atoms with E-state index in [-0.39, 0.29) is 11.3 Å². The highest BCUT2D eigenvalue weighted by Gasteiger charge is 2.33. The first kappa shape index (κ1) is 17.1. The van der Waals surface area contributed by atoms with Crippen LogP contribution in [0.2, 0.25) is 5.02 Å². The molecule has 0 atom stereocenters. The van der Waals surface area contributed by atoms with Gasteiger partial charge in [0.2, 0.25) is 0 Å². The average molecular weight is 362 g/mol. The zero-order valence-corrected chi connectivity index (χ0v) is 12.7. The lowest BCUT2D eigenvalue weighted by molar-refractivity contribution is -0.137. The van der Waals surface area contributed by atoms with E-state index < -0.39 is 31.8 Å². The Morgan fingerprint density at radius 2 is 1.83 bits per heavy atom. The molecule has 2 aromatic carbocycles. The van der Waals surface area contributed by atoms with Gasteiger partial charge in [-0.25, -0.2) is 0 Å². The quantitative estimate of drug-likeness (QED) is 0.775. The molecule has 9 heteroatoms. The van der Waals surface area contributed by atoms with E-state index >= 15 is 0 Å². The Morgan fingerprint density at radius 3 is 2.43 bits per heavy atom. The van der Waals surface area contributed by atoms with Gasteiger partial charge < -0.3 is 4.18 Å².